The maximum Gasteiger partial charge on any atom is 0.318 e. The van der Waals surface area contributed by atoms with E-state index in [1.54, 1.807) is 14.2 Å². The van der Waals surface area contributed by atoms with E-state index in [-0.39, 0.29) is 0 Å². The molecule has 2 heterocycles. The van der Waals surface area contributed by atoms with E-state index in [2.05, 4.69) is 40.0 Å². The standard InChI is InChI=1S/C23H25N3O2/c1-16-9-10-17-7-5-11-26(15-19(17)12-16)22-14-21(24-23(25-22)28-3)18-6-4-8-20(13-18)27-2/h4,6,8-10,12-14H,5,7,11,15H2,1-3H3. The van der Waals surface area contributed by atoms with Gasteiger partial charge in [-0.3, -0.25) is 0 Å². The SMILES string of the molecule is COc1cccc(-c2cc(N3CCCc4ccc(C)cc4C3)nc(OC)n2)c1. The second-order valence-corrected chi connectivity index (χ2v) is 7.13. The third kappa shape index (κ3) is 3.79. The van der Waals surface area contributed by atoms with Gasteiger partial charge in [0.25, 0.3) is 0 Å². The fourth-order valence-electron chi connectivity index (χ4n) is 3.68. The van der Waals surface area contributed by atoms with Crippen molar-refractivity contribution in [1.29, 1.82) is 0 Å². The number of hydrogen-bond donors (Lipinski definition) is 0. The number of fused-ring (bicyclic) bond motifs is 1. The minimum absolute atomic E-state index is 0.379. The number of aryl methyl sites for hydroxylation is 2. The average Bonchev–Trinajstić information content (AvgIpc) is 2.95. The molecule has 0 radical (unpaired) electrons. The van der Waals surface area contributed by atoms with Gasteiger partial charge in [-0.1, -0.05) is 35.9 Å². The highest BCUT2D eigenvalue weighted by molar-refractivity contribution is 5.65. The summed E-state index contributed by atoms with van der Waals surface area (Å²) in [5, 5.41) is 0. The molecule has 5 heteroatoms. The van der Waals surface area contributed by atoms with Crippen molar-refractivity contribution >= 4 is 5.82 Å². The van der Waals surface area contributed by atoms with E-state index < -0.39 is 0 Å². The molecule has 1 aliphatic heterocycles. The van der Waals surface area contributed by atoms with Gasteiger partial charge >= 0.3 is 6.01 Å². The molecular weight excluding hydrogens is 350 g/mol. The first-order valence-electron chi connectivity index (χ1n) is 9.57. The Labute approximate surface area is 166 Å². The fraction of sp³-hybridized carbons (Fsp3) is 0.304. The number of nitrogens with zero attached hydrogens (tertiary/aromatic N) is 3. The van der Waals surface area contributed by atoms with Crippen LogP contribution >= 0.6 is 0 Å². The monoisotopic (exact) mass is 375 g/mol. The summed E-state index contributed by atoms with van der Waals surface area (Å²) in [4.78, 5) is 11.5. The Morgan fingerprint density at radius 3 is 2.64 bits per heavy atom. The predicted octanol–water partition coefficient (Wildman–Crippen LogP) is 4.42. The molecule has 144 valence electrons. The Bertz CT molecular complexity index is 987. The molecule has 3 aromatic rings. The van der Waals surface area contributed by atoms with Crippen molar-refractivity contribution in [2.75, 3.05) is 25.7 Å². The van der Waals surface area contributed by atoms with Gasteiger partial charge in [0.15, 0.2) is 0 Å². The Balaban J connectivity index is 1.73. The minimum Gasteiger partial charge on any atom is -0.497 e. The van der Waals surface area contributed by atoms with E-state index in [1.165, 1.54) is 16.7 Å². The van der Waals surface area contributed by atoms with Crippen LogP contribution in [0.25, 0.3) is 11.3 Å². The molecule has 1 aromatic heterocycles. The van der Waals surface area contributed by atoms with Crippen LogP contribution in [0, 0.1) is 6.92 Å². The van der Waals surface area contributed by atoms with Crippen LogP contribution in [0.4, 0.5) is 5.82 Å². The van der Waals surface area contributed by atoms with E-state index in [9.17, 15) is 0 Å². The maximum atomic E-state index is 5.40. The number of hydrogen-bond acceptors (Lipinski definition) is 5. The number of aromatic nitrogens is 2. The Morgan fingerprint density at radius 1 is 0.929 bits per heavy atom. The first-order chi connectivity index (χ1) is 13.7. The molecule has 5 nitrogen and oxygen atoms in total. The van der Waals surface area contributed by atoms with Gasteiger partial charge < -0.3 is 14.4 Å². The van der Waals surface area contributed by atoms with Gasteiger partial charge in [0.2, 0.25) is 0 Å². The van der Waals surface area contributed by atoms with Crippen molar-refractivity contribution in [3.63, 3.8) is 0 Å². The van der Waals surface area contributed by atoms with Crippen LogP contribution in [0.15, 0.2) is 48.5 Å². The lowest BCUT2D eigenvalue weighted by atomic mass is 10.0. The normalized spacial score (nSPS) is 13.6. The van der Waals surface area contributed by atoms with Crippen LogP contribution in [-0.2, 0) is 13.0 Å². The lowest BCUT2D eigenvalue weighted by Crippen LogP contribution is -2.24. The molecule has 1 aliphatic rings. The molecule has 0 aliphatic carbocycles. The van der Waals surface area contributed by atoms with Crippen molar-refractivity contribution in [3.8, 4) is 23.0 Å². The zero-order valence-corrected chi connectivity index (χ0v) is 16.6. The van der Waals surface area contributed by atoms with E-state index in [0.29, 0.717) is 6.01 Å². The smallest absolute Gasteiger partial charge is 0.318 e. The van der Waals surface area contributed by atoms with Gasteiger partial charge in [-0.15, -0.1) is 0 Å². The minimum atomic E-state index is 0.379. The summed E-state index contributed by atoms with van der Waals surface area (Å²) in [5.41, 5.74) is 5.90. The number of anilines is 1. The molecule has 4 rings (SSSR count). The fourth-order valence-corrected chi connectivity index (χ4v) is 3.68. The Kier molecular flexibility index (Phi) is 5.15. The van der Waals surface area contributed by atoms with Crippen molar-refractivity contribution in [3.05, 3.63) is 65.2 Å². The first-order valence-corrected chi connectivity index (χ1v) is 9.57. The molecule has 0 unspecified atom stereocenters. The van der Waals surface area contributed by atoms with Gasteiger partial charge in [0.1, 0.15) is 11.6 Å². The molecule has 0 amide bonds. The molecule has 0 fully saturated rings. The van der Waals surface area contributed by atoms with Crippen molar-refractivity contribution in [1.82, 2.24) is 9.97 Å². The molecule has 0 spiro atoms. The van der Waals surface area contributed by atoms with Gasteiger partial charge in [-0.2, -0.15) is 9.97 Å². The third-order valence-corrected chi connectivity index (χ3v) is 5.16. The van der Waals surface area contributed by atoms with E-state index >= 15 is 0 Å². The molecule has 0 N–H and O–H groups in total. The lowest BCUT2D eigenvalue weighted by Gasteiger charge is -2.23. The predicted molar refractivity (Wildman–Crippen MR) is 111 cm³/mol. The lowest BCUT2D eigenvalue weighted by molar-refractivity contribution is 0.380. The zero-order valence-electron chi connectivity index (χ0n) is 16.6. The van der Waals surface area contributed by atoms with E-state index in [0.717, 1.165) is 48.8 Å². The molecule has 28 heavy (non-hydrogen) atoms. The average molecular weight is 375 g/mol. The van der Waals surface area contributed by atoms with Crippen LogP contribution in [-0.4, -0.2) is 30.7 Å². The van der Waals surface area contributed by atoms with Crippen molar-refractivity contribution in [2.24, 2.45) is 0 Å². The van der Waals surface area contributed by atoms with Gasteiger partial charge in [0.05, 0.1) is 19.9 Å². The molecule has 0 saturated heterocycles. The summed E-state index contributed by atoms with van der Waals surface area (Å²) in [6.07, 6.45) is 2.19. The molecular formula is C23H25N3O2. The van der Waals surface area contributed by atoms with E-state index in [1.807, 2.05) is 30.3 Å². The van der Waals surface area contributed by atoms with Gasteiger partial charge in [0, 0.05) is 24.7 Å². The Hall–Kier alpha value is -3.08. The van der Waals surface area contributed by atoms with Crippen LogP contribution < -0.4 is 14.4 Å². The van der Waals surface area contributed by atoms with Crippen molar-refractivity contribution in [2.45, 2.75) is 26.3 Å². The van der Waals surface area contributed by atoms with Gasteiger partial charge in [-0.05, 0) is 43.0 Å². The summed E-state index contributed by atoms with van der Waals surface area (Å²) >= 11 is 0. The van der Waals surface area contributed by atoms with Crippen LogP contribution in [0.5, 0.6) is 11.8 Å². The molecule has 0 saturated carbocycles. The summed E-state index contributed by atoms with van der Waals surface area (Å²) in [6.45, 7) is 3.93. The van der Waals surface area contributed by atoms with Crippen molar-refractivity contribution < 1.29 is 9.47 Å². The van der Waals surface area contributed by atoms with Gasteiger partial charge in [-0.25, -0.2) is 0 Å². The summed E-state index contributed by atoms with van der Waals surface area (Å²) in [6, 6.07) is 17.1. The Morgan fingerprint density at radius 2 is 1.82 bits per heavy atom. The zero-order chi connectivity index (χ0) is 19.5. The quantitative estimate of drug-likeness (QED) is 0.675. The topological polar surface area (TPSA) is 47.5 Å². The number of ether oxygens (including phenoxy) is 2. The summed E-state index contributed by atoms with van der Waals surface area (Å²) in [7, 11) is 3.28. The number of rotatable bonds is 4. The van der Waals surface area contributed by atoms with Crippen LogP contribution in [0.1, 0.15) is 23.1 Å². The first kappa shape index (κ1) is 18.3. The maximum absolute atomic E-state index is 5.40. The highest BCUT2D eigenvalue weighted by Gasteiger charge is 2.18. The molecule has 0 bridgehead atoms. The third-order valence-electron chi connectivity index (χ3n) is 5.16. The molecule has 2 aromatic carbocycles. The van der Waals surface area contributed by atoms with Crippen LogP contribution in [0.2, 0.25) is 0 Å². The second kappa shape index (κ2) is 7.89. The largest absolute Gasteiger partial charge is 0.497 e. The summed E-state index contributed by atoms with van der Waals surface area (Å²) in [5.74, 6) is 1.69. The second-order valence-electron chi connectivity index (χ2n) is 7.13. The number of methoxy groups -OCH3 is 2. The number of benzene rings is 2. The molecule has 0 atom stereocenters. The van der Waals surface area contributed by atoms with E-state index in [4.69, 9.17) is 9.47 Å². The highest BCUT2D eigenvalue weighted by atomic mass is 16.5. The van der Waals surface area contributed by atoms with Crippen LogP contribution in [0.3, 0.4) is 0 Å². The highest BCUT2D eigenvalue weighted by Crippen LogP contribution is 2.29. The summed E-state index contributed by atoms with van der Waals surface area (Å²) < 4.78 is 10.8.